The number of nitrogens with zero attached hydrogens (tertiary/aromatic N) is 2. The standard InChI is InChI=1S/C13H21N3OS/c1-18-13-14-8-10(9-17)12(16-13)15-11-6-4-2-3-5-7-11/h8,11,17H,2-7,9H2,1H3,(H,14,15,16). The molecule has 0 spiro atoms. The largest absolute Gasteiger partial charge is 0.391 e. The molecule has 0 atom stereocenters. The van der Waals surface area contributed by atoms with Crippen LogP contribution in [0, 0.1) is 0 Å². The van der Waals surface area contributed by atoms with Gasteiger partial charge in [-0.2, -0.15) is 0 Å². The summed E-state index contributed by atoms with van der Waals surface area (Å²) in [6.45, 7) is -0.0102. The number of thioether (sulfide) groups is 1. The lowest BCUT2D eigenvalue weighted by Crippen LogP contribution is -2.20. The zero-order valence-electron chi connectivity index (χ0n) is 10.9. The Labute approximate surface area is 113 Å². The van der Waals surface area contributed by atoms with Gasteiger partial charge in [0, 0.05) is 17.8 Å². The molecule has 2 N–H and O–H groups in total. The van der Waals surface area contributed by atoms with Crippen LogP contribution < -0.4 is 5.32 Å². The third-order valence-corrected chi connectivity index (χ3v) is 3.95. The Kier molecular flexibility index (Phi) is 5.26. The van der Waals surface area contributed by atoms with Crippen LogP contribution >= 0.6 is 11.8 Å². The molecule has 1 fully saturated rings. The number of nitrogens with one attached hydrogen (secondary N) is 1. The molecule has 0 unspecified atom stereocenters. The number of hydrogen-bond acceptors (Lipinski definition) is 5. The maximum absolute atomic E-state index is 9.34. The van der Waals surface area contributed by atoms with Crippen molar-refractivity contribution < 1.29 is 5.11 Å². The van der Waals surface area contributed by atoms with Gasteiger partial charge in [-0.15, -0.1) is 0 Å². The van der Waals surface area contributed by atoms with Gasteiger partial charge in [0.15, 0.2) is 5.16 Å². The molecule has 1 heterocycles. The third kappa shape index (κ3) is 3.59. The van der Waals surface area contributed by atoms with E-state index in [1.165, 1.54) is 50.3 Å². The van der Waals surface area contributed by atoms with E-state index in [4.69, 9.17) is 0 Å². The Balaban J connectivity index is 2.10. The molecular formula is C13H21N3OS. The molecule has 18 heavy (non-hydrogen) atoms. The van der Waals surface area contributed by atoms with Crippen molar-refractivity contribution in [2.75, 3.05) is 11.6 Å². The molecule has 0 saturated heterocycles. The molecule has 100 valence electrons. The molecule has 4 nitrogen and oxygen atoms in total. The van der Waals surface area contributed by atoms with Crippen molar-refractivity contribution in [3.8, 4) is 0 Å². The first-order chi connectivity index (χ1) is 8.83. The van der Waals surface area contributed by atoms with Gasteiger partial charge in [0.1, 0.15) is 5.82 Å². The number of hydrogen-bond donors (Lipinski definition) is 2. The minimum Gasteiger partial charge on any atom is -0.391 e. The van der Waals surface area contributed by atoms with Crippen molar-refractivity contribution in [2.24, 2.45) is 0 Å². The fourth-order valence-corrected chi connectivity index (χ4v) is 2.69. The van der Waals surface area contributed by atoms with Crippen LogP contribution in [-0.2, 0) is 6.61 Å². The topological polar surface area (TPSA) is 58.0 Å². The fraction of sp³-hybridized carbons (Fsp3) is 0.692. The van der Waals surface area contributed by atoms with Gasteiger partial charge in [0.25, 0.3) is 0 Å². The molecule has 0 aromatic carbocycles. The summed E-state index contributed by atoms with van der Waals surface area (Å²) in [4.78, 5) is 8.66. The quantitative estimate of drug-likeness (QED) is 0.499. The second kappa shape index (κ2) is 6.95. The highest BCUT2D eigenvalue weighted by atomic mass is 32.2. The average molecular weight is 267 g/mol. The second-order valence-electron chi connectivity index (χ2n) is 4.72. The Morgan fingerprint density at radius 2 is 2.06 bits per heavy atom. The van der Waals surface area contributed by atoms with Crippen LogP contribution in [0.4, 0.5) is 5.82 Å². The maximum atomic E-state index is 9.34. The van der Waals surface area contributed by atoms with E-state index in [1.54, 1.807) is 6.20 Å². The lowest BCUT2D eigenvalue weighted by atomic mass is 10.1. The van der Waals surface area contributed by atoms with Crippen molar-refractivity contribution in [3.05, 3.63) is 11.8 Å². The van der Waals surface area contributed by atoms with Crippen LogP contribution in [0.2, 0.25) is 0 Å². The van der Waals surface area contributed by atoms with E-state index in [2.05, 4.69) is 15.3 Å². The first-order valence-corrected chi connectivity index (χ1v) is 7.83. The van der Waals surface area contributed by atoms with Crippen molar-refractivity contribution in [1.82, 2.24) is 9.97 Å². The van der Waals surface area contributed by atoms with Crippen molar-refractivity contribution >= 4 is 17.6 Å². The first-order valence-electron chi connectivity index (χ1n) is 6.61. The van der Waals surface area contributed by atoms with E-state index in [9.17, 15) is 5.11 Å². The zero-order valence-corrected chi connectivity index (χ0v) is 11.7. The van der Waals surface area contributed by atoms with Gasteiger partial charge < -0.3 is 10.4 Å². The molecule has 1 aromatic rings. The monoisotopic (exact) mass is 267 g/mol. The lowest BCUT2D eigenvalue weighted by Gasteiger charge is -2.18. The third-order valence-electron chi connectivity index (χ3n) is 3.39. The van der Waals surface area contributed by atoms with Gasteiger partial charge in [0.05, 0.1) is 6.61 Å². The molecule has 1 aliphatic carbocycles. The van der Waals surface area contributed by atoms with Crippen LogP contribution in [-0.4, -0.2) is 27.4 Å². The smallest absolute Gasteiger partial charge is 0.189 e. The number of aliphatic hydroxyl groups is 1. The summed E-state index contributed by atoms with van der Waals surface area (Å²) in [5, 5.41) is 13.6. The number of rotatable bonds is 4. The predicted molar refractivity (Wildman–Crippen MR) is 74.8 cm³/mol. The molecule has 5 heteroatoms. The summed E-state index contributed by atoms with van der Waals surface area (Å²) >= 11 is 1.52. The van der Waals surface area contributed by atoms with E-state index < -0.39 is 0 Å². The van der Waals surface area contributed by atoms with Crippen LogP contribution in [0.3, 0.4) is 0 Å². The van der Waals surface area contributed by atoms with Gasteiger partial charge in [-0.1, -0.05) is 37.4 Å². The number of aromatic nitrogens is 2. The molecule has 2 rings (SSSR count). The summed E-state index contributed by atoms with van der Waals surface area (Å²) in [7, 11) is 0. The van der Waals surface area contributed by atoms with E-state index in [0.717, 1.165) is 16.5 Å². The van der Waals surface area contributed by atoms with Crippen molar-refractivity contribution in [3.63, 3.8) is 0 Å². The zero-order chi connectivity index (χ0) is 12.8. The van der Waals surface area contributed by atoms with Gasteiger partial charge in [-0.05, 0) is 19.1 Å². The van der Waals surface area contributed by atoms with Crippen molar-refractivity contribution in [1.29, 1.82) is 0 Å². The van der Waals surface area contributed by atoms with Crippen molar-refractivity contribution in [2.45, 2.75) is 56.3 Å². The Hall–Kier alpha value is -0.810. The Morgan fingerprint density at radius 3 is 2.67 bits per heavy atom. The highest BCUT2D eigenvalue weighted by Gasteiger charge is 2.15. The lowest BCUT2D eigenvalue weighted by molar-refractivity contribution is 0.281. The van der Waals surface area contributed by atoms with Crippen LogP contribution in [0.15, 0.2) is 11.4 Å². The molecular weight excluding hydrogens is 246 g/mol. The average Bonchev–Trinajstić information content (AvgIpc) is 2.67. The Bertz CT molecular complexity index is 378. The summed E-state index contributed by atoms with van der Waals surface area (Å²) in [5.41, 5.74) is 0.789. The van der Waals surface area contributed by atoms with Gasteiger partial charge in [0.2, 0.25) is 0 Å². The Morgan fingerprint density at radius 1 is 1.33 bits per heavy atom. The highest BCUT2D eigenvalue weighted by Crippen LogP contribution is 2.23. The molecule has 0 radical (unpaired) electrons. The summed E-state index contributed by atoms with van der Waals surface area (Å²) < 4.78 is 0. The minimum absolute atomic E-state index is 0.0102. The molecule has 1 aromatic heterocycles. The molecule has 0 aliphatic heterocycles. The van der Waals surface area contributed by atoms with E-state index in [-0.39, 0.29) is 6.61 Å². The SMILES string of the molecule is CSc1ncc(CO)c(NC2CCCCCC2)n1. The van der Waals surface area contributed by atoms with E-state index in [0.29, 0.717) is 6.04 Å². The van der Waals surface area contributed by atoms with Gasteiger partial charge in [-0.25, -0.2) is 9.97 Å². The normalized spacial score (nSPS) is 17.4. The number of anilines is 1. The van der Waals surface area contributed by atoms with Crippen LogP contribution in [0.5, 0.6) is 0 Å². The van der Waals surface area contributed by atoms with Gasteiger partial charge in [-0.3, -0.25) is 0 Å². The number of aliphatic hydroxyl groups excluding tert-OH is 1. The van der Waals surface area contributed by atoms with Crippen LogP contribution in [0.1, 0.15) is 44.1 Å². The second-order valence-corrected chi connectivity index (χ2v) is 5.49. The minimum atomic E-state index is -0.0102. The molecule has 0 bridgehead atoms. The molecule has 1 saturated carbocycles. The highest BCUT2D eigenvalue weighted by molar-refractivity contribution is 7.98. The molecule has 0 amide bonds. The predicted octanol–water partition coefficient (Wildman–Crippen LogP) is 2.83. The van der Waals surface area contributed by atoms with E-state index in [1.807, 2.05) is 6.26 Å². The van der Waals surface area contributed by atoms with Crippen LogP contribution in [0.25, 0.3) is 0 Å². The summed E-state index contributed by atoms with van der Waals surface area (Å²) in [5.74, 6) is 0.809. The maximum Gasteiger partial charge on any atom is 0.189 e. The van der Waals surface area contributed by atoms with Gasteiger partial charge >= 0.3 is 0 Å². The summed E-state index contributed by atoms with van der Waals surface area (Å²) in [6.07, 6.45) is 11.3. The van der Waals surface area contributed by atoms with E-state index >= 15 is 0 Å². The first kappa shape index (κ1) is 13.6. The summed E-state index contributed by atoms with van der Waals surface area (Å²) in [6, 6.07) is 0.488. The fourth-order valence-electron chi connectivity index (χ4n) is 2.35. The molecule has 1 aliphatic rings.